The minimum absolute atomic E-state index is 0.215. The quantitative estimate of drug-likeness (QED) is 0.700. The molecule has 0 atom stereocenters. The smallest absolute Gasteiger partial charge is 0.267 e. The van der Waals surface area contributed by atoms with Crippen LogP contribution in [0.2, 0.25) is 10.2 Å². The van der Waals surface area contributed by atoms with Crippen LogP contribution in [0.1, 0.15) is 42.6 Å². The highest BCUT2D eigenvalue weighted by Gasteiger charge is 2.18. The molecule has 1 aliphatic carbocycles. The van der Waals surface area contributed by atoms with Gasteiger partial charge in [-0.05, 0) is 38.2 Å². The average molecular weight is 334 g/mol. The Hall–Kier alpha value is -0.750. The first-order valence-corrected chi connectivity index (χ1v) is 8.01. The normalized spacial score (nSPS) is 22.2. The van der Waals surface area contributed by atoms with Gasteiger partial charge in [0.05, 0.1) is 11.1 Å². The first kappa shape index (κ1) is 16.6. The lowest BCUT2D eigenvalue weighted by atomic mass is 9.94. The molecule has 1 aromatic heterocycles. The maximum Gasteiger partial charge on any atom is 0.267 e. The Bertz CT molecular complexity index is 451. The second kappa shape index (κ2) is 8.03. The fraction of sp³-hybridized carbons (Fsp3) is 0.643. The molecule has 1 amide bonds. The largest absolute Gasteiger partial charge is 0.378 e. The van der Waals surface area contributed by atoms with E-state index >= 15 is 0 Å². The van der Waals surface area contributed by atoms with Crippen molar-refractivity contribution in [1.29, 1.82) is 0 Å². The van der Waals surface area contributed by atoms with Gasteiger partial charge in [-0.3, -0.25) is 4.79 Å². The lowest BCUT2D eigenvalue weighted by Crippen LogP contribution is -2.31. The standard InChI is InChI=1S/C14H21Cl2N3O2/c15-11-8-12(19-13(11)16)14(20)18-6-1-7-21-10-4-2-9(17)3-5-10/h8-10,19H,1-7,17H2,(H,18,20). The number of halogens is 2. The molecule has 1 heterocycles. The molecular formula is C14H21Cl2N3O2. The molecule has 0 spiro atoms. The number of rotatable bonds is 6. The van der Waals surface area contributed by atoms with E-state index < -0.39 is 0 Å². The van der Waals surface area contributed by atoms with Gasteiger partial charge in [-0.15, -0.1) is 0 Å². The highest BCUT2D eigenvalue weighted by Crippen LogP contribution is 2.22. The Morgan fingerprint density at radius 1 is 1.38 bits per heavy atom. The van der Waals surface area contributed by atoms with Crippen molar-refractivity contribution in [2.75, 3.05) is 13.2 Å². The van der Waals surface area contributed by atoms with Crippen molar-refractivity contribution in [3.63, 3.8) is 0 Å². The van der Waals surface area contributed by atoms with E-state index in [4.69, 9.17) is 33.7 Å². The van der Waals surface area contributed by atoms with Gasteiger partial charge in [0.2, 0.25) is 0 Å². The number of amides is 1. The van der Waals surface area contributed by atoms with Crippen LogP contribution in [-0.2, 0) is 4.74 Å². The molecule has 21 heavy (non-hydrogen) atoms. The second-order valence-corrected chi connectivity index (χ2v) is 6.15. The molecule has 0 radical (unpaired) electrons. The number of aromatic nitrogens is 1. The molecule has 118 valence electrons. The number of hydrogen-bond donors (Lipinski definition) is 3. The molecule has 1 aromatic rings. The van der Waals surface area contributed by atoms with E-state index in [9.17, 15) is 4.79 Å². The van der Waals surface area contributed by atoms with E-state index in [0.717, 1.165) is 32.1 Å². The SMILES string of the molecule is NC1CCC(OCCCNC(=O)c2cc(Cl)c(Cl)[nH]2)CC1. The van der Waals surface area contributed by atoms with Crippen LogP contribution in [0.5, 0.6) is 0 Å². The molecular weight excluding hydrogens is 313 g/mol. The highest BCUT2D eigenvalue weighted by atomic mass is 35.5. The van der Waals surface area contributed by atoms with Gasteiger partial charge in [0, 0.05) is 19.2 Å². The third-order valence-electron chi connectivity index (χ3n) is 3.65. The fourth-order valence-corrected chi connectivity index (χ4v) is 2.71. The summed E-state index contributed by atoms with van der Waals surface area (Å²) in [5.74, 6) is -0.215. The Morgan fingerprint density at radius 3 is 2.71 bits per heavy atom. The Labute approximate surface area is 134 Å². The van der Waals surface area contributed by atoms with E-state index in [1.54, 1.807) is 0 Å². The number of H-pyrrole nitrogens is 1. The van der Waals surface area contributed by atoms with E-state index in [1.165, 1.54) is 6.07 Å². The van der Waals surface area contributed by atoms with E-state index in [2.05, 4.69) is 10.3 Å². The summed E-state index contributed by atoms with van der Waals surface area (Å²) in [6, 6.07) is 1.85. The summed E-state index contributed by atoms with van der Waals surface area (Å²) >= 11 is 11.5. The van der Waals surface area contributed by atoms with Crippen LogP contribution in [0, 0.1) is 0 Å². The van der Waals surface area contributed by atoms with Crippen molar-refractivity contribution in [1.82, 2.24) is 10.3 Å². The minimum atomic E-state index is -0.215. The predicted molar refractivity (Wildman–Crippen MR) is 83.9 cm³/mol. The van der Waals surface area contributed by atoms with Gasteiger partial charge in [-0.1, -0.05) is 23.2 Å². The molecule has 1 aliphatic rings. The lowest BCUT2D eigenvalue weighted by Gasteiger charge is -2.26. The van der Waals surface area contributed by atoms with Crippen LogP contribution in [0.15, 0.2) is 6.07 Å². The fourth-order valence-electron chi connectivity index (χ4n) is 2.40. The van der Waals surface area contributed by atoms with Crippen LogP contribution < -0.4 is 11.1 Å². The van der Waals surface area contributed by atoms with Gasteiger partial charge in [0.25, 0.3) is 5.91 Å². The Morgan fingerprint density at radius 2 is 2.10 bits per heavy atom. The molecule has 0 aromatic carbocycles. The van der Waals surface area contributed by atoms with E-state index in [-0.39, 0.29) is 11.1 Å². The van der Waals surface area contributed by atoms with Gasteiger partial charge in [-0.25, -0.2) is 0 Å². The topological polar surface area (TPSA) is 80.1 Å². The van der Waals surface area contributed by atoms with Gasteiger partial charge < -0.3 is 20.8 Å². The number of carbonyl (C=O) groups excluding carboxylic acids is 1. The lowest BCUT2D eigenvalue weighted by molar-refractivity contribution is 0.0241. The van der Waals surface area contributed by atoms with Crippen LogP contribution in [0.25, 0.3) is 0 Å². The molecule has 4 N–H and O–H groups in total. The molecule has 0 unspecified atom stereocenters. The van der Waals surface area contributed by atoms with Crippen molar-refractivity contribution in [2.24, 2.45) is 5.73 Å². The average Bonchev–Trinajstić information content (AvgIpc) is 2.80. The number of nitrogens with two attached hydrogens (primary N) is 1. The van der Waals surface area contributed by atoms with Crippen LogP contribution in [0.3, 0.4) is 0 Å². The zero-order valence-corrected chi connectivity index (χ0v) is 13.3. The third-order valence-corrected chi connectivity index (χ3v) is 4.34. The summed E-state index contributed by atoms with van der Waals surface area (Å²) in [7, 11) is 0. The van der Waals surface area contributed by atoms with Crippen LogP contribution in [0.4, 0.5) is 0 Å². The molecule has 1 saturated carbocycles. The van der Waals surface area contributed by atoms with Crippen molar-refractivity contribution < 1.29 is 9.53 Å². The zero-order chi connectivity index (χ0) is 15.2. The number of hydrogen-bond acceptors (Lipinski definition) is 3. The number of carbonyl (C=O) groups is 1. The monoisotopic (exact) mass is 333 g/mol. The summed E-state index contributed by atoms with van der Waals surface area (Å²) in [6.07, 6.45) is 5.24. The second-order valence-electron chi connectivity index (χ2n) is 5.36. The maximum atomic E-state index is 11.8. The van der Waals surface area contributed by atoms with E-state index in [1.807, 2.05) is 0 Å². The van der Waals surface area contributed by atoms with Gasteiger partial charge in [0.15, 0.2) is 0 Å². The van der Waals surface area contributed by atoms with Crippen LogP contribution in [-0.4, -0.2) is 36.2 Å². The molecule has 0 aliphatic heterocycles. The van der Waals surface area contributed by atoms with Crippen molar-refractivity contribution in [3.05, 3.63) is 21.9 Å². The van der Waals surface area contributed by atoms with Crippen molar-refractivity contribution in [3.8, 4) is 0 Å². The molecule has 5 nitrogen and oxygen atoms in total. The summed E-state index contributed by atoms with van der Waals surface area (Å²) < 4.78 is 5.79. The Kier molecular flexibility index (Phi) is 6.36. The van der Waals surface area contributed by atoms with Gasteiger partial charge in [-0.2, -0.15) is 0 Å². The maximum absolute atomic E-state index is 11.8. The molecule has 0 saturated heterocycles. The highest BCUT2D eigenvalue weighted by molar-refractivity contribution is 6.41. The van der Waals surface area contributed by atoms with E-state index in [0.29, 0.717) is 36.0 Å². The predicted octanol–water partition coefficient (Wildman–Crippen LogP) is 2.73. The van der Waals surface area contributed by atoms with Gasteiger partial charge in [0.1, 0.15) is 10.8 Å². The number of nitrogens with one attached hydrogen (secondary N) is 2. The summed E-state index contributed by atoms with van der Waals surface area (Å²) in [5, 5.41) is 3.42. The first-order chi connectivity index (χ1) is 10.1. The summed E-state index contributed by atoms with van der Waals surface area (Å²) in [4.78, 5) is 14.5. The number of ether oxygens (including phenoxy) is 1. The van der Waals surface area contributed by atoms with Gasteiger partial charge >= 0.3 is 0 Å². The molecule has 2 rings (SSSR count). The number of aromatic amines is 1. The molecule has 7 heteroatoms. The Balaban J connectivity index is 1.58. The van der Waals surface area contributed by atoms with Crippen molar-refractivity contribution >= 4 is 29.1 Å². The minimum Gasteiger partial charge on any atom is -0.378 e. The van der Waals surface area contributed by atoms with Crippen molar-refractivity contribution in [2.45, 2.75) is 44.2 Å². The first-order valence-electron chi connectivity index (χ1n) is 7.25. The molecule has 0 bridgehead atoms. The summed E-state index contributed by atoms with van der Waals surface area (Å²) in [6.45, 7) is 1.20. The molecule has 1 fully saturated rings. The third kappa shape index (κ3) is 5.18. The summed E-state index contributed by atoms with van der Waals surface area (Å²) in [5.41, 5.74) is 6.22. The van der Waals surface area contributed by atoms with Crippen LogP contribution >= 0.6 is 23.2 Å². The zero-order valence-electron chi connectivity index (χ0n) is 11.8.